The van der Waals surface area contributed by atoms with Crippen molar-refractivity contribution in [1.82, 2.24) is 4.90 Å². The lowest BCUT2D eigenvalue weighted by Gasteiger charge is -2.30. The third kappa shape index (κ3) is 2.99. The van der Waals surface area contributed by atoms with Crippen LogP contribution in [0.1, 0.15) is 26.7 Å². The first kappa shape index (κ1) is 10.5. The lowest BCUT2D eigenvalue weighted by Crippen LogP contribution is -2.40. The summed E-state index contributed by atoms with van der Waals surface area (Å²) in [5.74, 6) is 1.48. The van der Waals surface area contributed by atoms with Gasteiger partial charge in [-0.05, 0) is 32.6 Å². The fourth-order valence-electron chi connectivity index (χ4n) is 1.70. The fourth-order valence-corrected chi connectivity index (χ4v) is 1.70. The molecule has 1 N–H and O–H groups in total. The summed E-state index contributed by atoms with van der Waals surface area (Å²) in [5, 5.41) is 7.65. The predicted octanol–water partition coefficient (Wildman–Crippen LogP) is 1.73. The fraction of sp³-hybridized carbons (Fsp3) is 0.900. The van der Waals surface area contributed by atoms with Crippen molar-refractivity contribution in [3.05, 3.63) is 0 Å². The Morgan fingerprint density at radius 3 is 2.62 bits per heavy atom. The maximum Gasteiger partial charge on any atom is 0.0929 e. The zero-order valence-electron chi connectivity index (χ0n) is 8.84. The highest BCUT2D eigenvalue weighted by molar-refractivity contribution is 5.76. The molecule has 0 spiro atoms. The highest BCUT2D eigenvalue weighted by Crippen LogP contribution is 2.35. The van der Waals surface area contributed by atoms with E-state index in [1.54, 1.807) is 7.11 Å². The van der Waals surface area contributed by atoms with E-state index in [1.165, 1.54) is 12.8 Å². The molecule has 1 aliphatic rings. The van der Waals surface area contributed by atoms with Crippen molar-refractivity contribution < 1.29 is 4.74 Å². The molecule has 0 radical (unpaired) electrons. The Morgan fingerprint density at radius 1 is 1.62 bits per heavy atom. The summed E-state index contributed by atoms with van der Waals surface area (Å²) in [6.07, 6.45) is 2.66. The average molecular weight is 184 g/mol. The summed E-state index contributed by atoms with van der Waals surface area (Å²) in [5.41, 5.74) is 0. The number of nitrogens with one attached hydrogen (secondary N) is 1. The molecule has 1 atom stereocenters. The second-order valence-electron chi connectivity index (χ2n) is 3.85. The standard InChI is InChI=1S/C10H20N2O/c1-8(10-4-5-10)12(9(2)11)6-7-13-3/h8,10-11H,4-7H2,1-3H3. The second kappa shape index (κ2) is 4.61. The summed E-state index contributed by atoms with van der Waals surface area (Å²) in [6.45, 7) is 5.64. The van der Waals surface area contributed by atoms with E-state index in [2.05, 4.69) is 11.8 Å². The normalized spacial score (nSPS) is 18.4. The highest BCUT2D eigenvalue weighted by atomic mass is 16.5. The minimum atomic E-state index is 0.521. The third-order valence-electron chi connectivity index (χ3n) is 2.76. The summed E-state index contributed by atoms with van der Waals surface area (Å²) in [4.78, 5) is 2.14. The minimum absolute atomic E-state index is 0.521. The molecule has 0 aliphatic heterocycles. The molecule has 1 unspecified atom stereocenters. The van der Waals surface area contributed by atoms with Crippen molar-refractivity contribution in [2.75, 3.05) is 20.3 Å². The summed E-state index contributed by atoms with van der Waals surface area (Å²) in [7, 11) is 1.71. The molecule has 3 nitrogen and oxygen atoms in total. The van der Waals surface area contributed by atoms with E-state index in [9.17, 15) is 0 Å². The van der Waals surface area contributed by atoms with Crippen molar-refractivity contribution in [3.63, 3.8) is 0 Å². The van der Waals surface area contributed by atoms with Crippen LogP contribution in [0.15, 0.2) is 0 Å². The van der Waals surface area contributed by atoms with Gasteiger partial charge in [-0.2, -0.15) is 0 Å². The van der Waals surface area contributed by atoms with Crippen LogP contribution in [-0.2, 0) is 4.74 Å². The van der Waals surface area contributed by atoms with E-state index in [-0.39, 0.29) is 0 Å². The SMILES string of the molecule is COCCN(C(C)=N)C(C)C1CC1. The molecule has 13 heavy (non-hydrogen) atoms. The van der Waals surface area contributed by atoms with Crippen LogP contribution in [0.3, 0.4) is 0 Å². The van der Waals surface area contributed by atoms with Crippen LogP contribution in [0, 0.1) is 11.3 Å². The summed E-state index contributed by atoms with van der Waals surface area (Å²) in [6, 6.07) is 0.521. The molecule has 1 fully saturated rings. The Balaban J connectivity index is 2.40. The molecule has 0 saturated heterocycles. The Kier molecular flexibility index (Phi) is 3.72. The molecule has 76 valence electrons. The molecule has 1 saturated carbocycles. The third-order valence-corrected chi connectivity index (χ3v) is 2.76. The van der Waals surface area contributed by atoms with Crippen LogP contribution < -0.4 is 0 Å². The molecular formula is C10H20N2O. The number of rotatable bonds is 5. The van der Waals surface area contributed by atoms with Crippen LogP contribution in [0.5, 0.6) is 0 Å². The molecular weight excluding hydrogens is 164 g/mol. The van der Waals surface area contributed by atoms with Crippen LogP contribution in [-0.4, -0.2) is 37.0 Å². The monoisotopic (exact) mass is 184 g/mol. The summed E-state index contributed by atoms with van der Waals surface area (Å²) < 4.78 is 5.03. The number of hydrogen-bond donors (Lipinski definition) is 1. The first-order valence-corrected chi connectivity index (χ1v) is 4.97. The summed E-state index contributed by atoms with van der Waals surface area (Å²) >= 11 is 0. The van der Waals surface area contributed by atoms with Gasteiger partial charge in [-0.25, -0.2) is 0 Å². The van der Waals surface area contributed by atoms with Gasteiger partial charge in [0, 0.05) is 19.7 Å². The van der Waals surface area contributed by atoms with Gasteiger partial charge in [-0.3, -0.25) is 5.41 Å². The zero-order valence-corrected chi connectivity index (χ0v) is 8.84. The number of ether oxygens (including phenoxy) is 1. The number of methoxy groups -OCH3 is 1. The average Bonchev–Trinajstić information content (AvgIpc) is 2.86. The first-order chi connectivity index (χ1) is 6.16. The van der Waals surface area contributed by atoms with Gasteiger partial charge in [0.2, 0.25) is 0 Å². The maximum absolute atomic E-state index is 7.65. The molecule has 0 bridgehead atoms. The van der Waals surface area contributed by atoms with Crippen molar-refractivity contribution in [2.24, 2.45) is 5.92 Å². The van der Waals surface area contributed by atoms with E-state index in [4.69, 9.17) is 10.1 Å². The molecule has 1 aliphatic carbocycles. The zero-order chi connectivity index (χ0) is 9.84. The van der Waals surface area contributed by atoms with E-state index >= 15 is 0 Å². The molecule has 0 aromatic heterocycles. The molecule has 3 heteroatoms. The van der Waals surface area contributed by atoms with Crippen molar-refractivity contribution >= 4 is 5.84 Å². The van der Waals surface area contributed by atoms with Gasteiger partial charge in [0.1, 0.15) is 0 Å². The Bertz CT molecular complexity index is 178. The van der Waals surface area contributed by atoms with Crippen molar-refractivity contribution in [1.29, 1.82) is 5.41 Å². The lowest BCUT2D eigenvalue weighted by molar-refractivity contribution is 0.159. The molecule has 0 aromatic carbocycles. The second-order valence-corrected chi connectivity index (χ2v) is 3.85. The highest BCUT2D eigenvalue weighted by Gasteiger charge is 2.31. The largest absolute Gasteiger partial charge is 0.383 e. The molecule has 0 heterocycles. The van der Waals surface area contributed by atoms with Gasteiger partial charge >= 0.3 is 0 Å². The number of nitrogens with zero attached hydrogens (tertiary/aromatic N) is 1. The quantitative estimate of drug-likeness (QED) is 0.522. The maximum atomic E-state index is 7.65. The number of amidine groups is 1. The Hall–Kier alpha value is -0.570. The molecule has 1 rings (SSSR count). The van der Waals surface area contributed by atoms with Crippen molar-refractivity contribution in [3.8, 4) is 0 Å². The van der Waals surface area contributed by atoms with Gasteiger partial charge in [0.25, 0.3) is 0 Å². The minimum Gasteiger partial charge on any atom is -0.383 e. The van der Waals surface area contributed by atoms with Crippen molar-refractivity contribution in [2.45, 2.75) is 32.7 Å². The van der Waals surface area contributed by atoms with Gasteiger partial charge in [-0.1, -0.05) is 0 Å². The van der Waals surface area contributed by atoms with E-state index < -0.39 is 0 Å². The van der Waals surface area contributed by atoms with E-state index in [1.807, 2.05) is 6.92 Å². The van der Waals surface area contributed by atoms with Crippen LogP contribution in [0.4, 0.5) is 0 Å². The van der Waals surface area contributed by atoms with E-state index in [0.717, 1.165) is 12.5 Å². The first-order valence-electron chi connectivity index (χ1n) is 4.97. The van der Waals surface area contributed by atoms with E-state index in [0.29, 0.717) is 18.5 Å². The Labute approximate surface area is 80.6 Å². The van der Waals surface area contributed by atoms with Gasteiger partial charge < -0.3 is 9.64 Å². The molecule has 0 aromatic rings. The van der Waals surface area contributed by atoms with Gasteiger partial charge in [0.05, 0.1) is 12.4 Å². The topological polar surface area (TPSA) is 36.3 Å². The Morgan fingerprint density at radius 2 is 2.23 bits per heavy atom. The van der Waals surface area contributed by atoms with Gasteiger partial charge in [-0.15, -0.1) is 0 Å². The molecule has 0 amide bonds. The van der Waals surface area contributed by atoms with Crippen LogP contribution >= 0.6 is 0 Å². The lowest BCUT2D eigenvalue weighted by atomic mass is 10.2. The smallest absolute Gasteiger partial charge is 0.0929 e. The van der Waals surface area contributed by atoms with Gasteiger partial charge in [0.15, 0.2) is 0 Å². The predicted molar refractivity (Wildman–Crippen MR) is 54.2 cm³/mol. The van der Waals surface area contributed by atoms with Crippen LogP contribution in [0.25, 0.3) is 0 Å². The number of hydrogen-bond acceptors (Lipinski definition) is 2. The van der Waals surface area contributed by atoms with Crippen LogP contribution in [0.2, 0.25) is 0 Å².